The van der Waals surface area contributed by atoms with Crippen LogP contribution in [0.4, 0.5) is 4.79 Å². The molecule has 1 amide bonds. The van der Waals surface area contributed by atoms with Gasteiger partial charge in [-0.05, 0) is 22.3 Å². The van der Waals surface area contributed by atoms with Gasteiger partial charge in [-0.3, -0.25) is 0 Å². The fourth-order valence-electron chi connectivity index (χ4n) is 3.73. The number of carbonyl (C=O) groups is 2. The summed E-state index contributed by atoms with van der Waals surface area (Å²) in [5.41, 5.74) is 4.92. The van der Waals surface area contributed by atoms with Crippen molar-refractivity contribution in [2.24, 2.45) is 0 Å². The highest BCUT2D eigenvalue weighted by atomic mass is 16.5. The first kappa shape index (κ1) is 17.1. The number of allylic oxidation sites excluding steroid dienone is 2. The Morgan fingerprint density at radius 3 is 2.30 bits per heavy atom. The lowest BCUT2D eigenvalue weighted by Gasteiger charge is -2.19. The number of alkyl carbamates (subject to hydrolysis) is 1. The van der Waals surface area contributed by atoms with Crippen LogP contribution in [0.5, 0.6) is 0 Å². The van der Waals surface area contributed by atoms with Crippen molar-refractivity contribution in [3.63, 3.8) is 0 Å². The Kier molecular flexibility index (Phi) is 4.50. The molecule has 136 valence electrons. The van der Waals surface area contributed by atoms with E-state index in [1.54, 1.807) is 12.2 Å². The molecule has 0 radical (unpaired) electrons. The summed E-state index contributed by atoms with van der Waals surface area (Å²) in [4.78, 5) is 23.3. The first-order valence-electron chi connectivity index (χ1n) is 8.85. The molecule has 4 rings (SSSR count). The van der Waals surface area contributed by atoms with Crippen LogP contribution in [-0.4, -0.2) is 29.8 Å². The molecule has 0 fully saturated rings. The Balaban J connectivity index is 1.42. The molecule has 0 spiro atoms. The molecule has 0 saturated carbocycles. The maximum absolute atomic E-state index is 12.2. The predicted molar refractivity (Wildman–Crippen MR) is 101 cm³/mol. The largest absolute Gasteiger partial charge is 0.478 e. The predicted octanol–water partition coefficient (Wildman–Crippen LogP) is 3.86. The maximum atomic E-state index is 12.2. The fraction of sp³-hybridized carbons (Fsp3) is 0.182. The van der Waals surface area contributed by atoms with E-state index < -0.39 is 12.1 Å². The number of benzene rings is 2. The van der Waals surface area contributed by atoms with Crippen LogP contribution in [0.25, 0.3) is 11.1 Å². The summed E-state index contributed by atoms with van der Waals surface area (Å²) in [5.74, 6) is -0.974. The Hall–Kier alpha value is -3.34. The molecule has 0 saturated heterocycles. The van der Waals surface area contributed by atoms with E-state index in [-0.39, 0.29) is 30.6 Å². The van der Waals surface area contributed by atoms with Crippen LogP contribution in [0, 0.1) is 0 Å². The molecule has 0 aliphatic heterocycles. The van der Waals surface area contributed by atoms with Crippen molar-refractivity contribution >= 4 is 12.1 Å². The zero-order valence-electron chi connectivity index (χ0n) is 14.6. The number of fused-ring (bicyclic) bond motifs is 3. The maximum Gasteiger partial charge on any atom is 0.407 e. The third-order valence-electron chi connectivity index (χ3n) is 5.00. The molecule has 5 nitrogen and oxygen atoms in total. The van der Waals surface area contributed by atoms with E-state index in [1.807, 2.05) is 24.3 Å². The van der Waals surface area contributed by atoms with Gasteiger partial charge in [0.15, 0.2) is 0 Å². The molecule has 2 aromatic carbocycles. The van der Waals surface area contributed by atoms with Crippen molar-refractivity contribution in [3.8, 4) is 11.1 Å². The highest BCUT2D eigenvalue weighted by molar-refractivity contribution is 5.87. The summed E-state index contributed by atoms with van der Waals surface area (Å²) in [7, 11) is 0. The van der Waals surface area contributed by atoms with E-state index in [0.29, 0.717) is 0 Å². The topological polar surface area (TPSA) is 75.6 Å². The van der Waals surface area contributed by atoms with Gasteiger partial charge in [0.05, 0.1) is 6.04 Å². The standard InChI is InChI=1S/C22H19NO4/c24-21(25)14-6-5-7-15(12-14)23-22(26)27-13-20-18-10-3-1-8-16(18)17-9-2-4-11-19(17)20/h1-11,15,20H,12-13H2,(H,23,26)(H,24,25). The van der Waals surface area contributed by atoms with Gasteiger partial charge in [-0.1, -0.05) is 66.8 Å². The lowest BCUT2D eigenvalue weighted by Crippen LogP contribution is -2.36. The lowest BCUT2D eigenvalue weighted by atomic mass is 9.98. The van der Waals surface area contributed by atoms with E-state index in [1.165, 1.54) is 17.2 Å². The van der Waals surface area contributed by atoms with Crippen LogP contribution >= 0.6 is 0 Å². The number of amides is 1. The second-order valence-electron chi connectivity index (χ2n) is 6.66. The summed E-state index contributed by atoms with van der Waals surface area (Å²) in [6.45, 7) is 0.234. The fourth-order valence-corrected chi connectivity index (χ4v) is 3.73. The minimum absolute atomic E-state index is 0.000440. The van der Waals surface area contributed by atoms with Gasteiger partial charge in [-0.2, -0.15) is 0 Å². The molecule has 0 aromatic heterocycles. The van der Waals surface area contributed by atoms with Crippen molar-refractivity contribution < 1.29 is 19.4 Å². The Labute approximate surface area is 157 Å². The van der Waals surface area contributed by atoms with Crippen LogP contribution in [0.2, 0.25) is 0 Å². The van der Waals surface area contributed by atoms with Crippen molar-refractivity contribution in [2.45, 2.75) is 18.4 Å². The first-order chi connectivity index (χ1) is 13.1. The molecule has 2 N–H and O–H groups in total. The highest BCUT2D eigenvalue weighted by Gasteiger charge is 2.29. The molecule has 1 unspecified atom stereocenters. The summed E-state index contributed by atoms with van der Waals surface area (Å²) < 4.78 is 5.49. The third kappa shape index (κ3) is 3.36. The summed E-state index contributed by atoms with van der Waals surface area (Å²) in [5, 5.41) is 11.8. The first-order valence-corrected chi connectivity index (χ1v) is 8.85. The number of nitrogens with one attached hydrogen (secondary N) is 1. The molecule has 1 atom stereocenters. The van der Waals surface area contributed by atoms with Crippen molar-refractivity contribution in [3.05, 3.63) is 83.5 Å². The normalized spacial score (nSPS) is 17.6. The number of hydrogen-bond donors (Lipinski definition) is 2. The number of ether oxygens (including phenoxy) is 1. The van der Waals surface area contributed by atoms with Gasteiger partial charge in [0, 0.05) is 17.9 Å². The van der Waals surface area contributed by atoms with Crippen LogP contribution in [0.15, 0.2) is 72.3 Å². The quantitative estimate of drug-likeness (QED) is 0.867. The number of carboxylic acids is 1. The Morgan fingerprint density at radius 2 is 1.67 bits per heavy atom. The summed E-state index contributed by atoms with van der Waals surface area (Å²) in [6, 6.07) is 15.9. The van der Waals surface area contributed by atoms with Gasteiger partial charge in [0.1, 0.15) is 6.61 Å². The number of carboxylic acid groups (broad SMARTS) is 1. The van der Waals surface area contributed by atoms with Gasteiger partial charge in [-0.25, -0.2) is 9.59 Å². The van der Waals surface area contributed by atoms with Gasteiger partial charge >= 0.3 is 12.1 Å². The Morgan fingerprint density at radius 1 is 1.04 bits per heavy atom. The monoisotopic (exact) mass is 361 g/mol. The molecule has 5 heteroatoms. The van der Waals surface area contributed by atoms with E-state index in [9.17, 15) is 9.59 Å². The van der Waals surface area contributed by atoms with Crippen molar-refractivity contribution in [1.82, 2.24) is 5.32 Å². The average Bonchev–Trinajstić information content (AvgIpc) is 3.00. The number of hydrogen-bond acceptors (Lipinski definition) is 3. The van der Waals surface area contributed by atoms with Crippen LogP contribution in [-0.2, 0) is 9.53 Å². The lowest BCUT2D eigenvalue weighted by molar-refractivity contribution is -0.132. The van der Waals surface area contributed by atoms with Gasteiger partial charge in [0.2, 0.25) is 0 Å². The summed E-state index contributed by atoms with van der Waals surface area (Å²) >= 11 is 0. The zero-order valence-corrected chi connectivity index (χ0v) is 14.6. The Bertz CT molecular complexity index is 915. The second kappa shape index (κ2) is 7.11. The van der Waals surface area contributed by atoms with E-state index >= 15 is 0 Å². The number of rotatable bonds is 4. The van der Waals surface area contributed by atoms with Gasteiger partial charge in [-0.15, -0.1) is 0 Å². The van der Waals surface area contributed by atoms with E-state index in [4.69, 9.17) is 9.84 Å². The number of aliphatic carboxylic acids is 1. The van der Waals surface area contributed by atoms with E-state index in [0.717, 1.165) is 11.1 Å². The molecule has 2 aromatic rings. The molecule has 2 aliphatic rings. The molecular weight excluding hydrogens is 342 g/mol. The number of carbonyl (C=O) groups excluding carboxylic acids is 1. The van der Waals surface area contributed by atoms with Gasteiger partial charge < -0.3 is 15.2 Å². The van der Waals surface area contributed by atoms with Crippen LogP contribution in [0.3, 0.4) is 0 Å². The van der Waals surface area contributed by atoms with Crippen LogP contribution < -0.4 is 5.32 Å². The second-order valence-corrected chi connectivity index (χ2v) is 6.66. The molecule has 27 heavy (non-hydrogen) atoms. The molecular formula is C22H19NO4. The highest BCUT2D eigenvalue weighted by Crippen LogP contribution is 2.44. The van der Waals surface area contributed by atoms with Gasteiger partial charge in [0.25, 0.3) is 0 Å². The zero-order chi connectivity index (χ0) is 18.8. The average molecular weight is 361 g/mol. The van der Waals surface area contributed by atoms with Crippen molar-refractivity contribution in [1.29, 1.82) is 0 Å². The van der Waals surface area contributed by atoms with Crippen LogP contribution in [0.1, 0.15) is 23.5 Å². The van der Waals surface area contributed by atoms with E-state index in [2.05, 4.69) is 29.6 Å². The minimum atomic E-state index is -0.973. The third-order valence-corrected chi connectivity index (χ3v) is 5.00. The molecule has 0 heterocycles. The molecule has 2 aliphatic carbocycles. The molecule has 0 bridgehead atoms. The summed E-state index contributed by atoms with van der Waals surface area (Å²) in [6.07, 6.45) is 4.64. The minimum Gasteiger partial charge on any atom is -0.478 e. The van der Waals surface area contributed by atoms with Crippen molar-refractivity contribution in [2.75, 3.05) is 6.61 Å². The smallest absolute Gasteiger partial charge is 0.407 e. The SMILES string of the molecule is O=C(NC1C=CC=C(C(=O)O)C1)OCC1c2ccccc2-c2ccccc21.